The Hall–Kier alpha value is -3.38. The van der Waals surface area contributed by atoms with E-state index >= 15 is 0 Å². The van der Waals surface area contributed by atoms with Crippen LogP contribution in [-0.4, -0.2) is 0 Å². The van der Waals surface area contributed by atoms with Gasteiger partial charge in [-0.1, -0.05) is 175 Å². The average Bonchev–Trinajstić information content (AvgIpc) is 3.32. The lowest BCUT2D eigenvalue weighted by Crippen LogP contribution is -2.25. The van der Waals surface area contributed by atoms with Gasteiger partial charge in [-0.3, -0.25) is 0 Å². The molecule has 0 spiro atoms. The Morgan fingerprint density at radius 1 is 0.467 bits per heavy atom. The second kappa shape index (κ2) is 14.4. The van der Waals surface area contributed by atoms with E-state index in [1.54, 1.807) is 11.1 Å². The Morgan fingerprint density at radius 2 is 0.933 bits per heavy atom. The van der Waals surface area contributed by atoms with E-state index in [9.17, 15) is 0 Å². The van der Waals surface area contributed by atoms with E-state index in [1.807, 2.05) is 0 Å². The molecule has 0 aromatic heterocycles. The van der Waals surface area contributed by atoms with E-state index in [0.29, 0.717) is 0 Å². The van der Waals surface area contributed by atoms with E-state index in [2.05, 4.69) is 113 Å². The van der Waals surface area contributed by atoms with Gasteiger partial charge in [-0.2, -0.15) is 0 Å². The van der Waals surface area contributed by atoms with Crippen molar-refractivity contribution in [2.75, 3.05) is 0 Å². The third kappa shape index (κ3) is 6.23. The van der Waals surface area contributed by atoms with E-state index in [1.165, 1.54) is 145 Å². The van der Waals surface area contributed by atoms with E-state index < -0.39 is 0 Å². The number of unbranched alkanes of at least 4 members (excludes halogenated alkanes) is 10. The molecule has 5 aromatic rings. The number of hydrogen-bond donors (Lipinski definition) is 0. The highest BCUT2D eigenvalue weighted by molar-refractivity contribution is 6.15. The molecule has 0 heterocycles. The average molecular weight is 595 g/mol. The lowest BCUT2D eigenvalue weighted by Gasteiger charge is -2.33. The lowest BCUT2D eigenvalue weighted by atomic mass is 9.70. The van der Waals surface area contributed by atoms with Crippen LogP contribution in [0.1, 0.15) is 126 Å². The van der Waals surface area contributed by atoms with Crippen LogP contribution >= 0.6 is 0 Å². The van der Waals surface area contributed by atoms with Crippen molar-refractivity contribution in [3.63, 3.8) is 0 Å². The first-order valence-corrected chi connectivity index (χ1v) is 18.3. The molecule has 0 saturated carbocycles. The molecule has 1 aliphatic rings. The molecule has 0 aliphatic heterocycles. The van der Waals surface area contributed by atoms with Gasteiger partial charge in [-0.15, -0.1) is 0 Å². The van der Waals surface area contributed by atoms with Crippen molar-refractivity contribution in [1.29, 1.82) is 0 Å². The lowest BCUT2D eigenvalue weighted by molar-refractivity contribution is 0.398. The Bertz CT molecular complexity index is 1680. The van der Waals surface area contributed by atoms with Gasteiger partial charge in [0.2, 0.25) is 0 Å². The zero-order valence-corrected chi connectivity index (χ0v) is 28.5. The van der Waals surface area contributed by atoms with Crippen molar-refractivity contribution >= 4 is 21.5 Å². The van der Waals surface area contributed by atoms with Gasteiger partial charge in [0, 0.05) is 5.41 Å². The second-order valence-corrected chi connectivity index (χ2v) is 14.0. The van der Waals surface area contributed by atoms with Crippen molar-refractivity contribution in [1.82, 2.24) is 0 Å². The monoisotopic (exact) mass is 594 g/mol. The third-order valence-corrected chi connectivity index (χ3v) is 10.9. The van der Waals surface area contributed by atoms with Crippen LogP contribution in [-0.2, 0) is 5.41 Å². The highest BCUT2D eigenvalue weighted by atomic mass is 14.5. The molecule has 6 rings (SSSR count). The molecule has 0 saturated heterocycles. The molecule has 0 atom stereocenters. The molecule has 5 aromatic carbocycles. The molecule has 0 amide bonds. The van der Waals surface area contributed by atoms with Crippen molar-refractivity contribution in [2.45, 2.75) is 123 Å². The first kappa shape index (κ1) is 31.6. The Morgan fingerprint density at radius 3 is 1.49 bits per heavy atom. The van der Waals surface area contributed by atoms with Gasteiger partial charge in [0.25, 0.3) is 0 Å². The van der Waals surface area contributed by atoms with Crippen LogP contribution in [0.25, 0.3) is 43.8 Å². The fourth-order valence-corrected chi connectivity index (χ4v) is 8.50. The predicted molar refractivity (Wildman–Crippen MR) is 199 cm³/mol. The van der Waals surface area contributed by atoms with Gasteiger partial charge in [0.1, 0.15) is 0 Å². The first-order valence-electron chi connectivity index (χ1n) is 18.3. The highest BCUT2D eigenvalue weighted by Gasteiger charge is 2.42. The number of aryl methyl sites for hydroxylation is 2. The topological polar surface area (TPSA) is 0 Å². The molecule has 0 unspecified atom stereocenters. The minimum Gasteiger partial charge on any atom is -0.0654 e. The van der Waals surface area contributed by atoms with E-state index in [0.717, 1.165) is 0 Å². The zero-order valence-electron chi connectivity index (χ0n) is 28.5. The van der Waals surface area contributed by atoms with Crippen LogP contribution in [0.15, 0.2) is 84.9 Å². The summed E-state index contributed by atoms with van der Waals surface area (Å²) in [7, 11) is 0. The summed E-state index contributed by atoms with van der Waals surface area (Å²) in [6, 6.07) is 33.0. The molecular formula is C45H54. The number of rotatable bonds is 15. The molecule has 0 fully saturated rings. The molecule has 1 aliphatic carbocycles. The Kier molecular flexibility index (Phi) is 10.1. The van der Waals surface area contributed by atoms with Crippen LogP contribution < -0.4 is 0 Å². The molecule has 0 N–H and O–H groups in total. The Balaban J connectivity index is 1.48. The van der Waals surface area contributed by atoms with E-state index in [-0.39, 0.29) is 5.41 Å². The van der Waals surface area contributed by atoms with E-state index in [4.69, 9.17) is 0 Å². The molecular weight excluding hydrogens is 540 g/mol. The zero-order chi connectivity index (χ0) is 31.2. The summed E-state index contributed by atoms with van der Waals surface area (Å²) in [5.41, 5.74) is 11.8. The van der Waals surface area contributed by atoms with Crippen LogP contribution in [0, 0.1) is 13.8 Å². The number of benzene rings is 5. The standard InChI is InChI=1S/C45H54/c1-5-7-9-11-13-19-29-45(30-20-14-12-10-8-6-2)42-31-33(3)25-27-38(42)39-28-26-35(32-43(39)45)44-40-23-17-15-21-36(40)34(4)37-22-16-18-24-41(37)44/h15-18,21-28,31-32H,5-14,19-20,29-30H2,1-4H3. The second-order valence-electron chi connectivity index (χ2n) is 14.0. The molecule has 234 valence electrons. The highest BCUT2D eigenvalue weighted by Crippen LogP contribution is 2.55. The molecule has 45 heavy (non-hydrogen) atoms. The predicted octanol–water partition coefficient (Wildman–Crippen LogP) is 14.0. The fraction of sp³-hybridized carbons (Fsp3) is 0.422. The maximum Gasteiger partial charge on any atom is 0.0215 e. The Labute approximate surface area is 273 Å². The van der Waals surface area contributed by atoms with Crippen molar-refractivity contribution in [3.05, 3.63) is 107 Å². The SMILES string of the molecule is CCCCCCCCC1(CCCCCCCC)c2cc(C)ccc2-c2ccc(-c3c4ccccc4c(C)c4ccccc34)cc21. The summed E-state index contributed by atoms with van der Waals surface area (Å²) in [6.07, 6.45) is 18.7. The maximum absolute atomic E-state index is 2.64. The molecule has 0 bridgehead atoms. The quantitative estimate of drug-likeness (QED) is 0.0835. The van der Waals surface area contributed by atoms with Crippen molar-refractivity contribution < 1.29 is 0 Å². The van der Waals surface area contributed by atoms with Crippen molar-refractivity contribution in [2.24, 2.45) is 0 Å². The number of hydrogen-bond acceptors (Lipinski definition) is 0. The summed E-state index contributed by atoms with van der Waals surface area (Å²) < 4.78 is 0. The normalized spacial score (nSPS) is 13.4. The summed E-state index contributed by atoms with van der Waals surface area (Å²) in [5.74, 6) is 0. The number of fused-ring (bicyclic) bond motifs is 5. The molecule has 0 radical (unpaired) electrons. The fourth-order valence-electron chi connectivity index (χ4n) is 8.50. The molecule has 0 nitrogen and oxygen atoms in total. The third-order valence-electron chi connectivity index (χ3n) is 10.9. The van der Waals surface area contributed by atoms with Gasteiger partial charge in [-0.05, 0) is 93.2 Å². The van der Waals surface area contributed by atoms with Gasteiger partial charge in [0.05, 0.1) is 0 Å². The summed E-state index contributed by atoms with van der Waals surface area (Å²) in [4.78, 5) is 0. The van der Waals surface area contributed by atoms with Gasteiger partial charge < -0.3 is 0 Å². The smallest absolute Gasteiger partial charge is 0.0215 e. The van der Waals surface area contributed by atoms with Crippen LogP contribution in [0.5, 0.6) is 0 Å². The first-order chi connectivity index (χ1) is 22.1. The summed E-state index contributed by atoms with van der Waals surface area (Å²) in [5, 5.41) is 5.49. The minimum atomic E-state index is 0.0957. The van der Waals surface area contributed by atoms with Crippen LogP contribution in [0.2, 0.25) is 0 Å². The molecule has 0 heteroatoms. The van der Waals surface area contributed by atoms with Gasteiger partial charge >= 0.3 is 0 Å². The van der Waals surface area contributed by atoms with Crippen molar-refractivity contribution in [3.8, 4) is 22.3 Å². The van der Waals surface area contributed by atoms with Gasteiger partial charge in [0.15, 0.2) is 0 Å². The summed E-state index contributed by atoms with van der Waals surface area (Å²) in [6.45, 7) is 9.23. The van der Waals surface area contributed by atoms with Gasteiger partial charge in [-0.25, -0.2) is 0 Å². The van der Waals surface area contributed by atoms with Crippen LogP contribution in [0.4, 0.5) is 0 Å². The minimum absolute atomic E-state index is 0.0957. The maximum atomic E-state index is 2.64. The summed E-state index contributed by atoms with van der Waals surface area (Å²) >= 11 is 0. The van der Waals surface area contributed by atoms with Crippen LogP contribution in [0.3, 0.4) is 0 Å². The largest absolute Gasteiger partial charge is 0.0654 e.